The zero-order chi connectivity index (χ0) is 16.5. The van der Waals surface area contributed by atoms with Crippen LogP contribution in [0.25, 0.3) is 5.69 Å². The molecule has 0 saturated heterocycles. The van der Waals surface area contributed by atoms with Gasteiger partial charge in [0.25, 0.3) is 5.56 Å². The smallest absolute Gasteiger partial charge is 0.283 e. The van der Waals surface area contributed by atoms with Crippen molar-refractivity contribution in [3.05, 3.63) is 56.5 Å². The van der Waals surface area contributed by atoms with Gasteiger partial charge in [-0.3, -0.25) is 19.6 Å². The molecule has 0 saturated carbocycles. The van der Waals surface area contributed by atoms with E-state index in [-0.39, 0.29) is 11.2 Å². The Labute approximate surface area is 126 Å². The molecule has 0 fully saturated rings. The molecule has 2 aromatic rings. The van der Waals surface area contributed by atoms with E-state index in [2.05, 4.69) is 10.2 Å². The van der Waals surface area contributed by atoms with E-state index in [0.29, 0.717) is 11.4 Å². The van der Waals surface area contributed by atoms with Crippen LogP contribution >= 0.6 is 0 Å². The van der Waals surface area contributed by atoms with Gasteiger partial charge in [0, 0.05) is 20.9 Å². The van der Waals surface area contributed by atoms with Crippen molar-refractivity contribution in [3.63, 3.8) is 0 Å². The number of azo groups is 1. The van der Waals surface area contributed by atoms with Crippen molar-refractivity contribution in [1.29, 1.82) is 0 Å². The lowest BCUT2D eigenvalue weighted by molar-refractivity contribution is -0.559. The molecular formula is C14H17N5O3. The highest BCUT2D eigenvalue weighted by Crippen LogP contribution is 2.19. The predicted octanol–water partition coefficient (Wildman–Crippen LogP) is 2.58. The first-order valence-electron chi connectivity index (χ1n) is 6.67. The molecule has 1 aromatic carbocycles. The molecular weight excluding hydrogens is 286 g/mol. The Morgan fingerprint density at radius 2 is 1.82 bits per heavy atom. The molecule has 0 unspecified atom stereocenters. The van der Waals surface area contributed by atoms with Crippen LogP contribution in [-0.4, -0.2) is 19.9 Å². The standard InChI is InChI=1S/C14H17N5O3/c1-10-12(15-16-14(2,3)19(21)22)13(20)18(17(10)4)11-8-6-5-7-9-11/h5-9H,1-4H3. The number of hydrogen-bond donors (Lipinski definition) is 0. The van der Waals surface area contributed by atoms with Crippen molar-refractivity contribution in [2.24, 2.45) is 17.3 Å². The van der Waals surface area contributed by atoms with Crippen LogP contribution in [0.3, 0.4) is 0 Å². The molecule has 0 amide bonds. The fourth-order valence-corrected chi connectivity index (χ4v) is 1.88. The maximum absolute atomic E-state index is 12.5. The predicted molar refractivity (Wildman–Crippen MR) is 81.3 cm³/mol. The van der Waals surface area contributed by atoms with Crippen LogP contribution in [0.15, 0.2) is 45.4 Å². The Kier molecular flexibility index (Phi) is 3.94. The van der Waals surface area contributed by atoms with Gasteiger partial charge in [0.1, 0.15) is 0 Å². The van der Waals surface area contributed by atoms with Crippen LogP contribution in [0.4, 0.5) is 5.69 Å². The number of hydrogen-bond acceptors (Lipinski definition) is 5. The number of benzene rings is 1. The summed E-state index contributed by atoms with van der Waals surface area (Å²) in [6.07, 6.45) is 0. The molecule has 0 aliphatic rings. The van der Waals surface area contributed by atoms with Crippen molar-refractivity contribution < 1.29 is 4.92 Å². The zero-order valence-corrected chi connectivity index (χ0v) is 12.8. The quantitative estimate of drug-likeness (QED) is 0.493. The van der Waals surface area contributed by atoms with Crippen LogP contribution in [0.1, 0.15) is 19.5 Å². The van der Waals surface area contributed by atoms with Crippen molar-refractivity contribution >= 4 is 5.69 Å². The summed E-state index contributed by atoms with van der Waals surface area (Å²) in [5.74, 6) is 0. The van der Waals surface area contributed by atoms with Crippen LogP contribution in [0.2, 0.25) is 0 Å². The highest BCUT2D eigenvalue weighted by molar-refractivity contribution is 5.43. The van der Waals surface area contributed by atoms with E-state index in [1.807, 2.05) is 18.2 Å². The summed E-state index contributed by atoms with van der Waals surface area (Å²) >= 11 is 0. The molecule has 0 spiro atoms. The van der Waals surface area contributed by atoms with Gasteiger partial charge in [-0.15, -0.1) is 10.2 Å². The molecule has 0 aliphatic carbocycles. The summed E-state index contributed by atoms with van der Waals surface area (Å²) in [5.41, 5.74) is -0.577. The van der Waals surface area contributed by atoms with Gasteiger partial charge in [-0.2, -0.15) is 0 Å². The van der Waals surface area contributed by atoms with Gasteiger partial charge >= 0.3 is 5.66 Å². The van der Waals surface area contributed by atoms with E-state index in [1.54, 1.807) is 30.8 Å². The van der Waals surface area contributed by atoms with Crippen molar-refractivity contribution in [1.82, 2.24) is 9.36 Å². The molecule has 22 heavy (non-hydrogen) atoms. The molecule has 8 nitrogen and oxygen atoms in total. The molecule has 0 atom stereocenters. The molecule has 8 heteroatoms. The Bertz CT molecular complexity index is 787. The van der Waals surface area contributed by atoms with E-state index < -0.39 is 10.6 Å². The fourth-order valence-electron chi connectivity index (χ4n) is 1.88. The Morgan fingerprint density at radius 3 is 2.36 bits per heavy atom. The third-order valence-electron chi connectivity index (χ3n) is 3.37. The second-order valence-electron chi connectivity index (χ2n) is 5.36. The van der Waals surface area contributed by atoms with Crippen LogP contribution < -0.4 is 5.56 Å². The average molecular weight is 303 g/mol. The van der Waals surface area contributed by atoms with Crippen molar-refractivity contribution in [3.8, 4) is 5.69 Å². The van der Waals surface area contributed by atoms with E-state index in [4.69, 9.17) is 0 Å². The maximum atomic E-state index is 12.5. The summed E-state index contributed by atoms with van der Waals surface area (Å²) in [4.78, 5) is 22.8. The SMILES string of the molecule is Cc1c(N=NC(C)(C)[N+](=O)[O-])c(=O)n(-c2ccccc2)n1C. The van der Waals surface area contributed by atoms with Gasteiger partial charge in [-0.1, -0.05) is 18.2 Å². The Hall–Kier alpha value is -2.77. The lowest BCUT2D eigenvalue weighted by atomic mass is 10.3. The van der Waals surface area contributed by atoms with Crippen LogP contribution in [0.5, 0.6) is 0 Å². The highest BCUT2D eigenvalue weighted by atomic mass is 16.6. The number of aromatic nitrogens is 2. The third-order valence-corrected chi connectivity index (χ3v) is 3.37. The molecule has 1 heterocycles. The van der Waals surface area contributed by atoms with Gasteiger partial charge < -0.3 is 0 Å². The molecule has 2 rings (SSSR count). The van der Waals surface area contributed by atoms with Crippen molar-refractivity contribution in [2.75, 3.05) is 0 Å². The van der Waals surface area contributed by atoms with Crippen LogP contribution in [-0.2, 0) is 7.05 Å². The van der Waals surface area contributed by atoms with Gasteiger partial charge in [-0.25, -0.2) is 4.68 Å². The summed E-state index contributed by atoms with van der Waals surface area (Å²) in [7, 11) is 1.72. The number of rotatable bonds is 4. The fraction of sp³-hybridized carbons (Fsp3) is 0.357. The van der Waals surface area contributed by atoms with E-state index in [1.165, 1.54) is 18.5 Å². The van der Waals surface area contributed by atoms with E-state index in [0.717, 1.165) is 0 Å². The monoisotopic (exact) mass is 303 g/mol. The minimum atomic E-state index is -1.58. The maximum Gasteiger partial charge on any atom is 0.324 e. The van der Waals surface area contributed by atoms with Crippen molar-refractivity contribution in [2.45, 2.75) is 26.4 Å². The number of nitro groups is 1. The second kappa shape index (κ2) is 5.55. The number of para-hydroxylation sites is 1. The number of nitrogens with zero attached hydrogens (tertiary/aromatic N) is 5. The first kappa shape index (κ1) is 15.6. The topological polar surface area (TPSA) is 94.8 Å². The zero-order valence-electron chi connectivity index (χ0n) is 12.8. The first-order valence-corrected chi connectivity index (χ1v) is 6.67. The van der Waals surface area contributed by atoms with Gasteiger partial charge in [0.15, 0.2) is 5.69 Å². The lowest BCUT2D eigenvalue weighted by Gasteiger charge is -2.07. The van der Waals surface area contributed by atoms with E-state index >= 15 is 0 Å². The van der Waals surface area contributed by atoms with Gasteiger partial charge in [0.05, 0.1) is 16.3 Å². The minimum absolute atomic E-state index is 0.0984. The molecule has 0 radical (unpaired) electrons. The molecule has 0 N–H and O–H groups in total. The average Bonchev–Trinajstić information content (AvgIpc) is 2.68. The van der Waals surface area contributed by atoms with E-state index in [9.17, 15) is 14.9 Å². The summed E-state index contributed by atoms with van der Waals surface area (Å²) in [6, 6.07) is 9.08. The molecule has 0 bridgehead atoms. The van der Waals surface area contributed by atoms with Gasteiger partial charge in [0.2, 0.25) is 0 Å². The molecule has 0 aliphatic heterocycles. The minimum Gasteiger partial charge on any atom is -0.283 e. The summed E-state index contributed by atoms with van der Waals surface area (Å²) in [5, 5.41) is 18.4. The first-order chi connectivity index (χ1) is 10.3. The Balaban J connectivity index is 2.55. The second-order valence-corrected chi connectivity index (χ2v) is 5.36. The lowest BCUT2D eigenvalue weighted by Crippen LogP contribution is -2.27. The van der Waals surface area contributed by atoms with Gasteiger partial charge in [-0.05, 0) is 19.1 Å². The summed E-state index contributed by atoms with van der Waals surface area (Å²) < 4.78 is 3.09. The van der Waals surface area contributed by atoms with Crippen LogP contribution in [0, 0.1) is 17.0 Å². The summed E-state index contributed by atoms with van der Waals surface area (Å²) in [6.45, 7) is 4.36. The Morgan fingerprint density at radius 1 is 1.23 bits per heavy atom. The largest absolute Gasteiger partial charge is 0.324 e. The molecule has 1 aromatic heterocycles. The highest BCUT2D eigenvalue weighted by Gasteiger charge is 2.30. The normalized spacial score (nSPS) is 12.0. The third kappa shape index (κ3) is 2.67. The molecule has 116 valence electrons.